The zero-order valence-corrected chi connectivity index (χ0v) is 41.4. The first kappa shape index (κ1) is 61.1. The Kier molecular flexibility index (Phi) is 37.1. The van der Waals surface area contributed by atoms with Gasteiger partial charge in [0.25, 0.3) is 0 Å². The van der Waals surface area contributed by atoms with E-state index in [4.69, 9.17) is 28.4 Å². The maximum absolute atomic E-state index is 13.0. The van der Waals surface area contributed by atoms with Gasteiger partial charge in [0, 0.05) is 13.0 Å². The Balaban J connectivity index is 1.77. The molecule has 7 N–H and O–H groups in total. The molecule has 2 rings (SSSR count). The fourth-order valence-corrected chi connectivity index (χ4v) is 7.99. The Hall–Kier alpha value is -2.05. The van der Waals surface area contributed by atoms with Crippen LogP contribution in [0.25, 0.3) is 0 Å². The molecule has 0 saturated carbocycles. The number of hydrogen-bond donors (Lipinski definition) is 7. The van der Waals surface area contributed by atoms with E-state index in [1.54, 1.807) is 0 Å². The maximum Gasteiger partial charge on any atom is 0.306 e. The predicted molar refractivity (Wildman–Crippen MR) is 261 cm³/mol. The molecule has 0 amide bonds. The molecule has 11 atom stereocenters. The lowest BCUT2D eigenvalue weighted by Gasteiger charge is -2.42. The monoisotopic (exact) mass is 955 g/mol. The third-order valence-corrected chi connectivity index (χ3v) is 12.3. The molecule has 14 heteroatoms. The molecule has 0 aliphatic carbocycles. The van der Waals surface area contributed by atoms with Gasteiger partial charge < -0.3 is 64.2 Å². The Morgan fingerprint density at radius 1 is 0.493 bits per heavy atom. The smallest absolute Gasteiger partial charge is 0.306 e. The number of hydrogen-bond acceptors (Lipinski definition) is 14. The minimum atomic E-state index is -1.71. The highest BCUT2D eigenvalue weighted by Crippen LogP contribution is 2.26. The van der Waals surface area contributed by atoms with Crippen LogP contribution in [-0.4, -0.2) is 142 Å². The van der Waals surface area contributed by atoms with E-state index in [-0.39, 0.29) is 19.6 Å². The molecular weight excluding hydrogens is 861 g/mol. The van der Waals surface area contributed by atoms with Crippen molar-refractivity contribution in [2.75, 3.05) is 33.0 Å². The summed E-state index contributed by atoms with van der Waals surface area (Å²) in [6.07, 6.45) is 30.2. The van der Waals surface area contributed by atoms with Crippen molar-refractivity contribution in [2.24, 2.45) is 0 Å². The van der Waals surface area contributed by atoms with Gasteiger partial charge in [-0.1, -0.05) is 146 Å². The van der Waals surface area contributed by atoms with Crippen molar-refractivity contribution < 1.29 is 69.0 Å². The number of aliphatic hydroxyl groups excluding tert-OH is 7. The number of rotatable bonds is 41. The first-order valence-electron chi connectivity index (χ1n) is 26.2. The quantitative estimate of drug-likeness (QED) is 0.0176. The van der Waals surface area contributed by atoms with E-state index >= 15 is 0 Å². The lowest BCUT2D eigenvalue weighted by molar-refractivity contribution is -0.332. The SMILES string of the molecule is CCCCC/C=C\C/C=C\C/C=C\CCCCCCCCC(=O)OC(COCCCCCCCC/C=C\CCCCCC)COC1OC(COC2OC(CO)C(O)C(O)C2O)C(O)C(O)C1O. The number of aliphatic hydroxyl groups is 7. The molecule has 2 heterocycles. The highest BCUT2D eigenvalue weighted by Gasteiger charge is 2.47. The molecule has 0 aromatic carbocycles. The van der Waals surface area contributed by atoms with Crippen molar-refractivity contribution in [2.45, 2.75) is 248 Å². The fraction of sp³-hybridized carbons (Fsp3) is 0.830. The van der Waals surface area contributed by atoms with Gasteiger partial charge in [-0.3, -0.25) is 4.79 Å². The number of esters is 1. The van der Waals surface area contributed by atoms with Crippen LogP contribution in [-0.2, 0) is 33.2 Å². The van der Waals surface area contributed by atoms with Crippen LogP contribution in [0.5, 0.6) is 0 Å². The molecule has 2 fully saturated rings. The van der Waals surface area contributed by atoms with Crippen LogP contribution in [0.15, 0.2) is 48.6 Å². The van der Waals surface area contributed by atoms with Gasteiger partial charge in [-0.2, -0.15) is 0 Å². The summed E-state index contributed by atoms with van der Waals surface area (Å²) in [6.45, 7) is 3.61. The average Bonchev–Trinajstić information content (AvgIpc) is 3.32. The molecule has 0 aromatic rings. The van der Waals surface area contributed by atoms with E-state index in [2.05, 4.69) is 62.5 Å². The zero-order valence-electron chi connectivity index (χ0n) is 41.4. The molecule has 2 saturated heterocycles. The molecule has 11 unspecified atom stereocenters. The van der Waals surface area contributed by atoms with Crippen LogP contribution < -0.4 is 0 Å². The minimum Gasteiger partial charge on any atom is -0.457 e. The highest BCUT2D eigenvalue weighted by atomic mass is 16.7. The molecule has 0 bridgehead atoms. The first-order valence-corrected chi connectivity index (χ1v) is 26.2. The van der Waals surface area contributed by atoms with Gasteiger partial charge in [0.1, 0.15) is 54.9 Å². The zero-order chi connectivity index (χ0) is 48.7. The van der Waals surface area contributed by atoms with Crippen LogP contribution in [0.2, 0.25) is 0 Å². The van der Waals surface area contributed by atoms with Crippen molar-refractivity contribution in [1.82, 2.24) is 0 Å². The van der Waals surface area contributed by atoms with E-state index < -0.39 is 86.7 Å². The van der Waals surface area contributed by atoms with Gasteiger partial charge >= 0.3 is 5.97 Å². The van der Waals surface area contributed by atoms with Crippen molar-refractivity contribution >= 4 is 5.97 Å². The minimum absolute atomic E-state index is 0.0510. The lowest BCUT2D eigenvalue weighted by atomic mass is 9.98. The number of carbonyl (C=O) groups excluding carboxylic acids is 1. The fourth-order valence-electron chi connectivity index (χ4n) is 7.99. The second kappa shape index (κ2) is 40.7. The summed E-state index contributed by atoms with van der Waals surface area (Å²) in [7, 11) is 0. The van der Waals surface area contributed by atoms with Crippen LogP contribution in [0, 0.1) is 0 Å². The molecule has 0 radical (unpaired) electrons. The maximum atomic E-state index is 13.0. The van der Waals surface area contributed by atoms with Gasteiger partial charge in [-0.25, -0.2) is 0 Å². The second-order valence-corrected chi connectivity index (χ2v) is 18.3. The van der Waals surface area contributed by atoms with E-state index in [0.29, 0.717) is 13.0 Å². The molecule has 390 valence electrons. The third kappa shape index (κ3) is 28.4. The molecule has 0 aromatic heterocycles. The van der Waals surface area contributed by atoms with Crippen LogP contribution in [0.4, 0.5) is 0 Å². The lowest BCUT2D eigenvalue weighted by Crippen LogP contribution is -2.61. The Labute approximate surface area is 403 Å². The summed E-state index contributed by atoms with van der Waals surface area (Å²) in [6, 6.07) is 0. The summed E-state index contributed by atoms with van der Waals surface area (Å²) in [4.78, 5) is 13.0. The third-order valence-electron chi connectivity index (χ3n) is 12.3. The van der Waals surface area contributed by atoms with Crippen molar-refractivity contribution in [3.8, 4) is 0 Å². The average molecular weight is 955 g/mol. The van der Waals surface area contributed by atoms with Crippen LogP contribution >= 0.6 is 0 Å². The van der Waals surface area contributed by atoms with Gasteiger partial charge in [-0.15, -0.1) is 0 Å². The van der Waals surface area contributed by atoms with Crippen molar-refractivity contribution in [3.63, 3.8) is 0 Å². The molecule has 0 spiro atoms. The Morgan fingerprint density at radius 3 is 1.49 bits per heavy atom. The van der Waals surface area contributed by atoms with Crippen molar-refractivity contribution in [3.05, 3.63) is 48.6 Å². The summed E-state index contributed by atoms with van der Waals surface area (Å²) < 4.78 is 34.3. The van der Waals surface area contributed by atoms with Gasteiger partial charge in [0.2, 0.25) is 0 Å². The summed E-state index contributed by atoms with van der Waals surface area (Å²) in [5.74, 6) is -0.392. The van der Waals surface area contributed by atoms with Gasteiger partial charge in [-0.05, 0) is 77.0 Å². The normalized spacial score (nSPS) is 26.5. The van der Waals surface area contributed by atoms with Crippen LogP contribution in [0.3, 0.4) is 0 Å². The summed E-state index contributed by atoms with van der Waals surface area (Å²) in [5.41, 5.74) is 0. The highest BCUT2D eigenvalue weighted by molar-refractivity contribution is 5.69. The summed E-state index contributed by atoms with van der Waals surface area (Å²) >= 11 is 0. The topological polar surface area (TPSA) is 214 Å². The van der Waals surface area contributed by atoms with E-state index in [0.717, 1.165) is 77.0 Å². The number of ether oxygens (including phenoxy) is 6. The predicted octanol–water partition coefficient (Wildman–Crippen LogP) is 7.96. The number of carbonyl (C=O) groups is 1. The van der Waals surface area contributed by atoms with Gasteiger partial charge in [0.15, 0.2) is 12.6 Å². The first-order chi connectivity index (χ1) is 32.6. The van der Waals surface area contributed by atoms with E-state index in [1.807, 2.05) is 0 Å². The molecule has 2 aliphatic heterocycles. The number of unbranched alkanes of at least 4 members (excludes halogenated alkanes) is 19. The van der Waals surface area contributed by atoms with Gasteiger partial charge in [0.05, 0.1) is 26.4 Å². The van der Waals surface area contributed by atoms with Crippen molar-refractivity contribution in [1.29, 1.82) is 0 Å². The Bertz CT molecular complexity index is 1290. The summed E-state index contributed by atoms with van der Waals surface area (Å²) in [5, 5.41) is 72.1. The molecular formula is C53H94O14. The molecule has 67 heavy (non-hydrogen) atoms. The Morgan fingerprint density at radius 2 is 0.925 bits per heavy atom. The van der Waals surface area contributed by atoms with E-state index in [1.165, 1.54) is 77.0 Å². The number of allylic oxidation sites excluding steroid dienone is 8. The van der Waals surface area contributed by atoms with Crippen LogP contribution in [0.1, 0.15) is 181 Å². The second-order valence-electron chi connectivity index (χ2n) is 18.3. The standard InChI is InChI=1S/C53H94O14/c1-3-5-7-9-11-13-15-17-19-20-21-22-23-24-26-28-30-32-34-36-45(55)65-42(39-62-37-35-33-31-29-27-25-18-16-14-12-10-8-6-4-2)40-63-52-51(61)49(59)47(57)44(67-52)41-64-53-50(60)48(58)46(56)43(38-54)66-53/h11,13-14,16-17,19,21-22,42-44,46-54,56-61H,3-10,12,15,18,20,23-41H2,1-2H3/b13-11-,16-14-,19-17-,22-21-. The largest absolute Gasteiger partial charge is 0.457 e. The molecule has 14 nitrogen and oxygen atoms in total. The molecule has 2 aliphatic rings. The van der Waals surface area contributed by atoms with E-state index in [9.17, 15) is 40.5 Å².